The van der Waals surface area contributed by atoms with Crippen molar-refractivity contribution in [3.05, 3.63) is 35.9 Å². The Hall–Kier alpha value is -1.71. The van der Waals surface area contributed by atoms with E-state index in [4.69, 9.17) is 0 Å². The number of aromatic nitrogens is 2. The summed E-state index contributed by atoms with van der Waals surface area (Å²) in [7, 11) is 0. The van der Waals surface area contributed by atoms with Crippen LogP contribution in [-0.4, -0.2) is 33.9 Å². The smallest absolute Gasteiger partial charge is 0.274 e. The van der Waals surface area contributed by atoms with Crippen LogP contribution in [0.5, 0.6) is 0 Å². The van der Waals surface area contributed by atoms with Gasteiger partial charge in [-0.1, -0.05) is 12.2 Å². The Kier molecular flexibility index (Phi) is 4.17. The molecule has 0 fully saturated rings. The van der Waals surface area contributed by atoms with Gasteiger partial charge in [-0.15, -0.1) is 0 Å². The fraction of sp³-hybridized carbons (Fsp3) is 0.417. The summed E-state index contributed by atoms with van der Waals surface area (Å²) in [6, 6.07) is 0. The first-order valence-electron chi connectivity index (χ1n) is 5.27. The van der Waals surface area contributed by atoms with E-state index in [9.17, 15) is 4.79 Å². The highest BCUT2D eigenvalue weighted by Crippen LogP contribution is 2.03. The average molecular weight is 219 g/mol. The minimum atomic E-state index is -0.0991. The van der Waals surface area contributed by atoms with Crippen LogP contribution in [0.3, 0.4) is 0 Å². The quantitative estimate of drug-likeness (QED) is 0.726. The number of amides is 1. The van der Waals surface area contributed by atoms with Gasteiger partial charge in [0.2, 0.25) is 0 Å². The molecule has 16 heavy (non-hydrogen) atoms. The molecule has 1 aromatic rings. The van der Waals surface area contributed by atoms with E-state index in [0.717, 1.165) is 11.3 Å². The number of likely N-dealkylation sites (N-methyl/N-ethyl adjacent to an activating group) is 1. The van der Waals surface area contributed by atoms with Gasteiger partial charge in [-0.05, 0) is 20.8 Å². The number of carbonyl (C=O) groups is 1. The zero-order valence-electron chi connectivity index (χ0n) is 10.0. The molecule has 0 aliphatic carbocycles. The van der Waals surface area contributed by atoms with Crippen LogP contribution in [0.1, 0.15) is 30.0 Å². The molecule has 4 heteroatoms. The minimum Gasteiger partial charge on any atom is -0.334 e. The highest BCUT2D eigenvalue weighted by molar-refractivity contribution is 5.92. The van der Waals surface area contributed by atoms with E-state index in [1.165, 1.54) is 6.20 Å². The summed E-state index contributed by atoms with van der Waals surface area (Å²) in [6.45, 7) is 10.7. The van der Waals surface area contributed by atoms with Gasteiger partial charge in [0.05, 0.1) is 11.9 Å². The summed E-state index contributed by atoms with van der Waals surface area (Å²) in [5, 5.41) is 0. The second-order valence-corrected chi connectivity index (χ2v) is 3.82. The normalized spacial score (nSPS) is 9.94. The van der Waals surface area contributed by atoms with E-state index < -0.39 is 0 Å². The number of hydrogen-bond acceptors (Lipinski definition) is 3. The fourth-order valence-corrected chi connectivity index (χ4v) is 1.32. The third kappa shape index (κ3) is 3.15. The summed E-state index contributed by atoms with van der Waals surface area (Å²) in [6.07, 6.45) is 3.11. The Labute approximate surface area is 96.0 Å². The highest BCUT2D eigenvalue weighted by atomic mass is 16.2. The summed E-state index contributed by atoms with van der Waals surface area (Å²) in [4.78, 5) is 21.8. The van der Waals surface area contributed by atoms with Crippen LogP contribution in [0.4, 0.5) is 0 Å². The van der Waals surface area contributed by atoms with Gasteiger partial charge in [0.25, 0.3) is 5.91 Å². The van der Waals surface area contributed by atoms with Crippen LogP contribution >= 0.6 is 0 Å². The second-order valence-electron chi connectivity index (χ2n) is 3.82. The number of aryl methyl sites for hydroxylation is 1. The Morgan fingerprint density at radius 2 is 2.12 bits per heavy atom. The van der Waals surface area contributed by atoms with Gasteiger partial charge in [-0.2, -0.15) is 0 Å². The first-order valence-corrected chi connectivity index (χ1v) is 5.27. The van der Waals surface area contributed by atoms with E-state index in [0.29, 0.717) is 18.8 Å². The van der Waals surface area contributed by atoms with Gasteiger partial charge in [0, 0.05) is 19.3 Å². The van der Waals surface area contributed by atoms with Crippen LogP contribution in [-0.2, 0) is 0 Å². The highest BCUT2D eigenvalue weighted by Gasteiger charge is 2.15. The molecule has 1 aromatic heterocycles. The van der Waals surface area contributed by atoms with Crippen LogP contribution in [0.2, 0.25) is 0 Å². The molecule has 0 radical (unpaired) electrons. The lowest BCUT2D eigenvalue weighted by molar-refractivity contribution is 0.0772. The van der Waals surface area contributed by atoms with Gasteiger partial charge in [0.1, 0.15) is 5.69 Å². The van der Waals surface area contributed by atoms with Crippen LogP contribution in [0.15, 0.2) is 24.5 Å². The van der Waals surface area contributed by atoms with E-state index in [2.05, 4.69) is 16.5 Å². The van der Waals surface area contributed by atoms with Crippen molar-refractivity contribution in [2.45, 2.75) is 20.8 Å². The van der Waals surface area contributed by atoms with E-state index in [1.807, 2.05) is 20.8 Å². The molecule has 1 rings (SSSR count). The summed E-state index contributed by atoms with van der Waals surface area (Å²) in [5.74, 6) is -0.0991. The molecule has 0 unspecified atom stereocenters. The minimum absolute atomic E-state index is 0.0991. The average Bonchev–Trinajstić information content (AvgIpc) is 2.25. The molecule has 0 aromatic carbocycles. The van der Waals surface area contributed by atoms with Crippen molar-refractivity contribution >= 4 is 5.91 Å². The number of carbonyl (C=O) groups excluding carboxylic acids is 1. The summed E-state index contributed by atoms with van der Waals surface area (Å²) >= 11 is 0. The zero-order valence-corrected chi connectivity index (χ0v) is 10.0. The molecule has 0 saturated carbocycles. The third-order valence-electron chi connectivity index (χ3n) is 2.13. The van der Waals surface area contributed by atoms with Gasteiger partial charge >= 0.3 is 0 Å². The molecule has 0 aliphatic rings. The molecule has 0 spiro atoms. The van der Waals surface area contributed by atoms with E-state index >= 15 is 0 Å². The van der Waals surface area contributed by atoms with Crippen LogP contribution < -0.4 is 0 Å². The van der Waals surface area contributed by atoms with Crippen LogP contribution in [0, 0.1) is 6.92 Å². The van der Waals surface area contributed by atoms with Crippen molar-refractivity contribution in [1.82, 2.24) is 14.9 Å². The van der Waals surface area contributed by atoms with Crippen molar-refractivity contribution < 1.29 is 4.79 Å². The monoisotopic (exact) mass is 219 g/mol. The molecule has 0 saturated heterocycles. The maximum Gasteiger partial charge on any atom is 0.274 e. The maximum atomic E-state index is 12.0. The standard InChI is InChI=1S/C12H17N3O/c1-5-15(8-9(2)3)12(16)11-7-13-10(4)6-14-11/h6-7H,2,5,8H2,1,3-4H3. The van der Waals surface area contributed by atoms with E-state index in [1.54, 1.807) is 11.1 Å². The molecular weight excluding hydrogens is 202 g/mol. The van der Waals surface area contributed by atoms with E-state index in [-0.39, 0.29) is 5.91 Å². The zero-order chi connectivity index (χ0) is 12.1. The Morgan fingerprint density at radius 1 is 1.44 bits per heavy atom. The van der Waals surface area contributed by atoms with Gasteiger partial charge in [0.15, 0.2) is 0 Å². The second kappa shape index (κ2) is 5.39. The predicted molar refractivity (Wildman–Crippen MR) is 63.2 cm³/mol. The topological polar surface area (TPSA) is 46.1 Å². The Morgan fingerprint density at radius 3 is 2.56 bits per heavy atom. The molecule has 1 heterocycles. The lowest BCUT2D eigenvalue weighted by Crippen LogP contribution is -2.32. The first-order chi connectivity index (χ1) is 7.54. The SMILES string of the molecule is C=C(C)CN(CC)C(=O)c1cnc(C)cn1. The number of rotatable bonds is 4. The van der Waals surface area contributed by atoms with Crippen molar-refractivity contribution in [3.8, 4) is 0 Å². The molecule has 0 atom stereocenters. The molecule has 4 nitrogen and oxygen atoms in total. The van der Waals surface area contributed by atoms with Crippen molar-refractivity contribution in [3.63, 3.8) is 0 Å². The van der Waals surface area contributed by atoms with Crippen molar-refractivity contribution in [2.24, 2.45) is 0 Å². The number of hydrogen-bond donors (Lipinski definition) is 0. The first kappa shape index (κ1) is 12.4. The van der Waals surface area contributed by atoms with Crippen molar-refractivity contribution in [1.29, 1.82) is 0 Å². The molecular formula is C12H17N3O. The third-order valence-corrected chi connectivity index (χ3v) is 2.13. The Bertz CT molecular complexity index is 384. The van der Waals surface area contributed by atoms with Gasteiger partial charge in [-0.3, -0.25) is 9.78 Å². The predicted octanol–water partition coefficient (Wildman–Crippen LogP) is 1.82. The lowest BCUT2D eigenvalue weighted by Gasteiger charge is -2.20. The molecule has 0 aliphatic heterocycles. The molecule has 86 valence electrons. The van der Waals surface area contributed by atoms with Crippen LogP contribution in [0.25, 0.3) is 0 Å². The van der Waals surface area contributed by atoms with Crippen molar-refractivity contribution in [2.75, 3.05) is 13.1 Å². The summed E-state index contributed by atoms with van der Waals surface area (Å²) in [5.41, 5.74) is 2.14. The maximum absolute atomic E-state index is 12.0. The largest absolute Gasteiger partial charge is 0.334 e. The summed E-state index contributed by atoms with van der Waals surface area (Å²) < 4.78 is 0. The number of nitrogens with zero attached hydrogens (tertiary/aromatic N) is 3. The molecule has 1 amide bonds. The molecule has 0 N–H and O–H groups in total. The van der Waals surface area contributed by atoms with Gasteiger partial charge < -0.3 is 4.90 Å². The fourth-order valence-electron chi connectivity index (χ4n) is 1.32. The lowest BCUT2D eigenvalue weighted by atomic mass is 10.3. The molecule has 0 bridgehead atoms. The Balaban J connectivity index is 2.82. The van der Waals surface area contributed by atoms with Gasteiger partial charge in [-0.25, -0.2) is 4.98 Å².